The third-order valence-electron chi connectivity index (χ3n) is 3.98. The van der Waals surface area contributed by atoms with Gasteiger partial charge in [0.15, 0.2) is 0 Å². The van der Waals surface area contributed by atoms with E-state index in [0.717, 1.165) is 23.4 Å². The first-order valence-corrected chi connectivity index (χ1v) is 9.29. The Bertz CT molecular complexity index is 773. The minimum Gasteiger partial charge on any atom is -0.494 e. The number of benzene rings is 1. The van der Waals surface area contributed by atoms with Gasteiger partial charge >= 0.3 is 5.97 Å². The van der Waals surface area contributed by atoms with Crippen molar-refractivity contribution in [2.45, 2.75) is 26.3 Å². The molecule has 0 atom stereocenters. The lowest BCUT2D eigenvalue weighted by molar-refractivity contribution is -0.141. The molecular formula is C22H26N2O4. The van der Waals surface area contributed by atoms with Crippen LogP contribution in [-0.4, -0.2) is 42.0 Å². The number of amides is 1. The van der Waals surface area contributed by atoms with Crippen LogP contribution in [-0.2, 0) is 20.9 Å². The van der Waals surface area contributed by atoms with Crippen molar-refractivity contribution in [2.24, 2.45) is 0 Å². The van der Waals surface area contributed by atoms with E-state index in [4.69, 9.17) is 4.74 Å². The van der Waals surface area contributed by atoms with Crippen LogP contribution < -0.4 is 4.74 Å². The van der Waals surface area contributed by atoms with Gasteiger partial charge in [-0.3, -0.25) is 14.6 Å². The maximum atomic E-state index is 12.7. The summed E-state index contributed by atoms with van der Waals surface area (Å²) in [6.07, 6.45) is 6.01. The molecule has 0 saturated carbocycles. The average Bonchev–Trinajstić information content (AvgIpc) is 2.74. The molecule has 0 fully saturated rings. The number of carbonyl (C=O) groups is 2. The van der Waals surface area contributed by atoms with Gasteiger partial charge in [-0.2, -0.15) is 0 Å². The number of rotatable bonds is 10. The van der Waals surface area contributed by atoms with Crippen LogP contribution in [0.4, 0.5) is 0 Å². The molecule has 0 unspecified atom stereocenters. The van der Waals surface area contributed by atoms with E-state index in [1.807, 2.05) is 42.5 Å². The number of carbonyl (C=O) groups excluding carboxylic acids is 2. The zero-order chi connectivity index (χ0) is 20.2. The monoisotopic (exact) mass is 382 g/mol. The van der Waals surface area contributed by atoms with E-state index in [0.29, 0.717) is 13.2 Å². The van der Waals surface area contributed by atoms with Crippen molar-refractivity contribution in [3.8, 4) is 5.75 Å². The molecule has 0 N–H and O–H groups in total. The molecule has 6 heteroatoms. The van der Waals surface area contributed by atoms with Gasteiger partial charge in [0.2, 0.25) is 5.91 Å². The maximum Gasteiger partial charge on any atom is 0.307 e. The molecule has 0 saturated heterocycles. The Balaban J connectivity index is 2.03. The number of ether oxygens (including phenoxy) is 2. The Hall–Kier alpha value is -3.15. The molecule has 0 aliphatic rings. The van der Waals surface area contributed by atoms with Gasteiger partial charge in [0.1, 0.15) is 5.75 Å². The topological polar surface area (TPSA) is 68.7 Å². The quantitative estimate of drug-likeness (QED) is 0.465. The highest BCUT2D eigenvalue weighted by molar-refractivity contribution is 5.92. The van der Waals surface area contributed by atoms with Crippen LogP contribution in [0.5, 0.6) is 5.75 Å². The zero-order valence-corrected chi connectivity index (χ0v) is 16.3. The Morgan fingerprint density at radius 3 is 2.57 bits per heavy atom. The number of hydrogen-bond acceptors (Lipinski definition) is 5. The Morgan fingerprint density at radius 2 is 1.93 bits per heavy atom. The largest absolute Gasteiger partial charge is 0.494 e. The minimum atomic E-state index is -0.356. The normalized spacial score (nSPS) is 10.6. The fraction of sp³-hybridized carbons (Fsp3) is 0.318. The van der Waals surface area contributed by atoms with Gasteiger partial charge in [0, 0.05) is 18.8 Å². The number of esters is 1. The van der Waals surface area contributed by atoms with Crippen molar-refractivity contribution in [1.82, 2.24) is 9.88 Å². The second-order valence-corrected chi connectivity index (χ2v) is 6.16. The van der Waals surface area contributed by atoms with Crippen LogP contribution in [0.25, 0.3) is 6.08 Å². The van der Waals surface area contributed by atoms with Crippen molar-refractivity contribution in [1.29, 1.82) is 0 Å². The predicted molar refractivity (Wildman–Crippen MR) is 108 cm³/mol. The first-order chi connectivity index (χ1) is 13.6. The maximum absolute atomic E-state index is 12.7. The molecule has 6 nitrogen and oxygen atoms in total. The summed E-state index contributed by atoms with van der Waals surface area (Å²) in [6, 6.07) is 13.1. The highest BCUT2D eigenvalue weighted by atomic mass is 16.5. The summed E-state index contributed by atoms with van der Waals surface area (Å²) < 4.78 is 10.2. The van der Waals surface area contributed by atoms with Gasteiger partial charge in [-0.15, -0.1) is 0 Å². The van der Waals surface area contributed by atoms with Crippen molar-refractivity contribution >= 4 is 18.0 Å². The van der Waals surface area contributed by atoms with Gasteiger partial charge in [-0.1, -0.05) is 25.1 Å². The summed E-state index contributed by atoms with van der Waals surface area (Å²) in [5.41, 5.74) is 1.65. The lowest BCUT2D eigenvalue weighted by Gasteiger charge is -2.20. The molecule has 0 aliphatic carbocycles. The van der Waals surface area contributed by atoms with Crippen LogP contribution in [0.15, 0.2) is 54.7 Å². The molecule has 0 aliphatic heterocycles. The molecular weight excluding hydrogens is 356 g/mol. The van der Waals surface area contributed by atoms with Crippen molar-refractivity contribution in [3.63, 3.8) is 0 Å². The smallest absolute Gasteiger partial charge is 0.307 e. The van der Waals surface area contributed by atoms with E-state index in [1.54, 1.807) is 17.2 Å². The summed E-state index contributed by atoms with van der Waals surface area (Å²) >= 11 is 0. The summed E-state index contributed by atoms with van der Waals surface area (Å²) in [4.78, 5) is 30.0. The molecule has 1 amide bonds. The lowest BCUT2D eigenvalue weighted by atomic mass is 10.2. The fourth-order valence-electron chi connectivity index (χ4n) is 2.45. The molecule has 2 rings (SSSR count). The summed E-state index contributed by atoms with van der Waals surface area (Å²) in [5, 5.41) is 0. The summed E-state index contributed by atoms with van der Waals surface area (Å²) in [7, 11) is 1.33. The highest BCUT2D eigenvalue weighted by Crippen LogP contribution is 2.14. The second-order valence-electron chi connectivity index (χ2n) is 6.16. The molecule has 0 spiro atoms. The Labute approximate surface area is 165 Å². The van der Waals surface area contributed by atoms with E-state index >= 15 is 0 Å². The molecule has 148 valence electrons. The zero-order valence-electron chi connectivity index (χ0n) is 16.3. The van der Waals surface area contributed by atoms with Crippen LogP contribution >= 0.6 is 0 Å². The highest BCUT2D eigenvalue weighted by Gasteiger charge is 2.14. The number of pyridine rings is 1. The van der Waals surface area contributed by atoms with Crippen molar-refractivity contribution in [2.75, 3.05) is 20.3 Å². The molecule has 0 radical (unpaired) electrons. The van der Waals surface area contributed by atoms with Gasteiger partial charge < -0.3 is 14.4 Å². The number of aromatic nitrogens is 1. The third-order valence-corrected chi connectivity index (χ3v) is 3.98. The van der Waals surface area contributed by atoms with Gasteiger partial charge in [0.05, 0.1) is 32.4 Å². The number of methoxy groups -OCH3 is 1. The molecule has 28 heavy (non-hydrogen) atoms. The SMILES string of the molecule is CCCOc1ccc(/C=C/C(=O)N(CCC(=O)OC)Cc2ccccn2)cc1. The van der Waals surface area contributed by atoms with Crippen molar-refractivity contribution < 1.29 is 19.1 Å². The van der Waals surface area contributed by atoms with Gasteiger partial charge in [-0.25, -0.2) is 0 Å². The Morgan fingerprint density at radius 1 is 1.14 bits per heavy atom. The molecule has 1 aromatic heterocycles. The summed E-state index contributed by atoms with van der Waals surface area (Å²) in [5.74, 6) is 0.256. The Kier molecular flexibility index (Phi) is 8.72. The first-order valence-electron chi connectivity index (χ1n) is 9.29. The molecule has 0 bridgehead atoms. The van der Waals surface area contributed by atoms with Crippen molar-refractivity contribution in [3.05, 3.63) is 66.0 Å². The number of nitrogens with zero attached hydrogens (tertiary/aromatic N) is 2. The standard InChI is InChI=1S/C22H26N2O4/c1-3-16-28-20-10-7-18(8-11-20)9-12-21(25)24(15-13-22(26)27-2)17-19-6-4-5-14-23-19/h4-12,14H,3,13,15-17H2,1-2H3/b12-9+. The second kappa shape index (κ2) is 11.5. The molecule has 1 aromatic carbocycles. The molecule has 1 heterocycles. The fourth-order valence-corrected chi connectivity index (χ4v) is 2.45. The van der Waals surface area contributed by atoms with Crippen LogP contribution in [0.3, 0.4) is 0 Å². The van der Waals surface area contributed by atoms with Crippen LogP contribution in [0.2, 0.25) is 0 Å². The summed E-state index contributed by atoms with van der Waals surface area (Å²) in [6.45, 7) is 3.32. The third kappa shape index (κ3) is 7.23. The van der Waals surface area contributed by atoms with E-state index < -0.39 is 0 Å². The average molecular weight is 382 g/mol. The lowest BCUT2D eigenvalue weighted by Crippen LogP contribution is -2.31. The minimum absolute atomic E-state index is 0.131. The van der Waals surface area contributed by atoms with Gasteiger partial charge in [-0.05, 0) is 42.3 Å². The number of hydrogen-bond donors (Lipinski definition) is 0. The molecule has 2 aromatic rings. The van der Waals surface area contributed by atoms with E-state index in [-0.39, 0.29) is 24.8 Å². The van der Waals surface area contributed by atoms with E-state index in [1.165, 1.54) is 13.2 Å². The first kappa shape index (κ1) is 21.2. The van der Waals surface area contributed by atoms with Crippen LogP contribution in [0, 0.1) is 0 Å². The van der Waals surface area contributed by atoms with E-state index in [9.17, 15) is 9.59 Å². The van der Waals surface area contributed by atoms with Gasteiger partial charge in [0.25, 0.3) is 0 Å². The van der Waals surface area contributed by atoms with E-state index in [2.05, 4.69) is 16.6 Å². The predicted octanol–water partition coefficient (Wildman–Crippen LogP) is 3.48. The van der Waals surface area contributed by atoms with Crippen LogP contribution in [0.1, 0.15) is 31.0 Å².